The van der Waals surface area contributed by atoms with Gasteiger partial charge >= 0.3 is 0 Å². The fraction of sp³-hybridized carbons (Fsp3) is 0.300. The maximum absolute atomic E-state index is 12.2. The number of nitrogens with zero attached hydrogens (tertiary/aromatic N) is 2. The summed E-state index contributed by atoms with van der Waals surface area (Å²) in [6.07, 6.45) is 5.37. The summed E-state index contributed by atoms with van der Waals surface area (Å²) in [6, 6.07) is 9.00. The zero-order valence-electron chi connectivity index (χ0n) is 17.5. The van der Waals surface area contributed by atoms with E-state index in [9.17, 15) is 22.6 Å². The first-order valence-electron chi connectivity index (χ1n) is 9.86. The molecule has 2 aromatic rings. The number of nitrogens with one attached hydrogen (secondary N) is 4. The summed E-state index contributed by atoms with van der Waals surface area (Å²) in [5, 5.41) is 6.71. The van der Waals surface area contributed by atoms with E-state index in [-0.39, 0.29) is 22.3 Å². The van der Waals surface area contributed by atoms with Crippen LogP contribution < -0.4 is 21.6 Å². The van der Waals surface area contributed by atoms with E-state index in [0.717, 1.165) is 19.3 Å². The van der Waals surface area contributed by atoms with E-state index in [4.69, 9.17) is 0 Å². The first-order valence-corrected chi connectivity index (χ1v) is 11.3. The summed E-state index contributed by atoms with van der Waals surface area (Å²) in [6.45, 7) is 0.490. The molecule has 2 amide bonds. The topological polar surface area (TPSA) is 162 Å². The van der Waals surface area contributed by atoms with Gasteiger partial charge in [0.15, 0.2) is 0 Å². The van der Waals surface area contributed by atoms with Gasteiger partial charge in [-0.15, -0.1) is 0 Å². The average Bonchev–Trinajstić information content (AvgIpc) is 2.76. The van der Waals surface area contributed by atoms with E-state index in [0.29, 0.717) is 24.3 Å². The van der Waals surface area contributed by atoms with Crippen LogP contribution in [0.4, 0.5) is 5.82 Å². The molecule has 0 atom stereocenters. The Kier molecular flexibility index (Phi) is 9.73. The van der Waals surface area contributed by atoms with Crippen LogP contribution in [0.25, 0.3) is 0 Å². The van der Waals surface area contributed by atoms with Gasteiger partial charge < -0.3 is 5.32 Å². The quantitative estimate of drug-likeness (QED) is 0.136. The zero-order chi connectivity index (χ0) is 23.4. The van der Waals surface area contributed by atoms with Crippen LogP contribution in [0, 0.1) is 0 Å². The fourth-order valence-corrected chi connectivity index (χ4v) is 3.35. The number of aromatic nitrogens is 1. The number of hydrogen-bond acceptors (Lipinski definition) is 8. The Morgan fingerprint density at radius 2 is 1.91 bits per heavy atom. The number of hydrazone groups is 1. The molecule has 0 spiro atoms. The maximum Gasteiger partial charge on any atom is 0.295 e. The third kappa shape index (κ3) is 8.41. The van der Waals surface area contributed by atoms with Gasteiger partial charge in [-0.1, -0.05) is 24.6 Å². The number of hydrogen-bond donors (Lipinski definition) is 5. The lowest BCUT2D eigenvalue weighted by molar-refractivity contribution is -0.122. The number of pyridine rings is 1. The first kappa shape index (κ1) is 24.9. The second-order valence-corrected chi connectivity index (χ2v) is 8.07. The molecule has 1 aromatic carbocycles. The molecule has 0 unspecified atom stereocenters. The van der Waals surface area contributed by atoms with Crippen molar-refractivity contribution in [1.29, 1.82) is 0 Å². The number of anilines is 1. The van der Waals surface area contributed by atoms with Gasteiger partial charge in [0.25, 0.3) is 16.0 Å². The van der Waals surface area contributed by atoms with Gasteiger partial charge in [0, 0.05) is 31.8 Å². The lowest BCUT2D eigenvalue weighted by Crippen LogP contribution is -2.33. The van der Waals surface area contributed by atoms with Crippen LogP contribution in [-0.2, 0) is 14.9 Å². The smallest absolute Gasteiger partial charge is 0.295 e. The molecule has 0 bridgehead atoms. The second-order valence-electron chi connectivity index (χ2n) is 6.68. The second kappa shape index (κ2) is 12.5. The van der Waals surface area contributed by atoms with Gasteiger partial charge in [0.2, 0.25) is 5.91 Å². The number of benzene rings is 1. The van der Waals surface area contributed by atoms with Crippen molar-refractivity contribution >= 4 is 34.0 Å². The summed E-state index contributed by atoms with van der Waals surface area (Å²) in [4.78, 5) is 27.3. The van der Waals surface area contributed by atoms with Crippen LogP contribution in [0.15, 0.2) is 52.6 Å². The van der Waals surface area contributed by atoms with Gasteiger partial charge in [0.1, 0.15) is 10.7 Å². The predicted octanol–water partition coefficient (Wildman–Crippen LogP) is 1.32. The fourth-order valence-electron chi connectivity index (χ4n) is 2.68. The Balaban J connectivity index is 1.78. The van der Waals surface area contributed by atoms with Crippen LogP contribution in [0.3, 0.4) is 0 Å². The summed E-state index contributed by atoms with van der Waals surface area (Å²) in [5.41, 5.74) is 8.30. The minimum Gasteiger partial charge on any atom is -0.352 e. The Bertz CT molecular complexity index is 1040. The minimum atomic E-state index is -4.36. The van der Waals surface area contributed by atoms with Crippen LogP contribution in [0.5, 0.6) is 0 Å². The Hall–Kier alpha value is -3.35. The SMILES string of the molecule is CNNC(=O)CCCCCNC(=O)c1ccc(N/N=C/c2ccccc2S(=O)(=O)O)nc1. The number of unbranched alkanes of at least 4 members (excludes halogenated alkanes) is 2. The zero-order valence-corrected chi connectivity index (χ0v) is 18.4. The highest BCUT2D eigenvalue weighted by Crippen LogP contribution is 2.13. The highest BCUT2D eigenvalue weighted by atomic mass is 32.2. The highest BCUT2D eigenvalue weighted by Gasteiger charge is 2.13. The lowest BCUT2D eigenvalue weighted by Gasteiger charge is -2.06. The van der Waals surface area contributed by atoms with Gasteiger partial charge in [-0.2, -0.15) is 13.5 Å². The van der Waals surface area contributed by atoms with Gasteiger partial charge in [-0.3, -0.25) is 25.0 Å². The van der Waals surface area contributed by atoms with Crippen LogP contribution in [0.1, 0.15) is 41.6 Å². The third-order valence-corrected chi connectivity index (χ3v) is 5.16. The largest absolute Gasteiger partial charge is 0.352 e. The molecule has 1 aromatic heterocycles. The molecule has 0 radical (unpaired) electrons. The Morgan fingerprint density at radius 1 is 1.12 bits per heavy atom. The summed E-state index contributed by atoms with van der Waals surface area (Å²) in [5.74, 6) is 0.0211. The highest BCUT2D eigenvalue weighted by molar-refractivity contribution is 7.86. The molecule has 172 valence electrons. The molecule has 12 heteroatoms. The van der Waals surface area contributed by atoms with Crippen LogP contribution >= 0.6 is 0 Å². The maximum atomic E-state index is 12.2. The van der Waals surface area contributed by atoms with E-state index in [2.05, 4.69) is 31.7 Å². The van der Waals surface area contributed by atoms with E-state index in [1.54, 1.807) is 25.2 Å². The molecular formula is C20H26N6O5S. The van der Waals surface area contributed by atoms with Crippen molar-refractivity contribution in [2.75, 3.05) is 19.0 Å². The number of amides is 2. The number of carbonyl (C=O) groups excluding carboxylic acids is 2. The van der Waals surface area contributed by atoms with Gasteiger partial charge in [-0.05, 0) is 31.0 Å². The molecule has 32 heavy (non-hydrogen) atoms. The van der Waals surface area contributed by atoms with Crippen molar-refractivity contribution in [3.63, 3.8) is 0 Å². The monoisotopic (exact) mass is 462 g/mol. The third-order valence-electron chi connectivity index (χ3n) is 4.24. The van der Waals surface area contributed by atoms with Crippen LogP contribution in [-0.4, -0.2) is 49.6 Å². The van der Waals surface area contributed by atoms with Crippen molar-refractivity contribution in [3.8, 4) is 0 Å². The van der Waals surface area contributed by atoms with Crippen molar-refractivity contribution in [2.24, 2.45) is 5.10 Å². The summed E-state index contributed by atoms with van der Waals surface area (Å²) in [7, 11) is -2.73. The van der Waals surface area contributed by atoms with E-state index in [1.807, 2.05) is 0 Å². The van der Waals surface area contributed by atoms with Crippen LogP contribution in [0.2, 0.25) is 0 Å². The summed E-state index contributed by atoms with van der Waals surface area (Å²) >= 11 is 0. The number of hydrazine groups is 1. The molecule has 0 aliphatic carbocycles. The first-order chi connectivity index (χ1) is 15.3. The molecule has 5 N–H and O–H groups in total. The molecule has 0 fully saturated rings. The van der Waals surface area contributed by atoms with Crippen molar-refractivity contribution in [3.05, 3.63) is 53.7 Å². The van der Waals surface area contributed by atoms with E-state index in [1.165, 1.54) is 30.6 Å². The molecule has 0 aliphatic rings. The van der Waals surface area contributed by atoms with E-state index >= 15 is 0 Å². The lowest BCUT2D eigenvalue weighted by atomic mass is 10.2. The van der Waals surface area contributed by atoms with Gasteiger partial charge in [0.05, 0.1) is 11.8 Å². The predicted molar refractivity (Wildman–Crippen MR) is 120 cm³/mol. The normalized spacial score (nSPS) is 11.3. The Labute approximate surface area is 186 Å². The molecule has 11 nitrogen and oxygen atoms in total. The van der Waals surface area contributed by atoms with Crippen molar-refractivity contribution < 1.29 is 22.6 Å². The van der Waals surface area contributed by atoms with Crippen molar-refractivity contribution in [1.82, 2.24) is 21.2 Å². The standard InChI is InChI=1S/C20H26N6O5S/c1-21-26-19(27)9-3-2-6-12-22-20(28)16-10-11-18(23-13-16)25-24-14-15-7-4-5-8-17(15)32(29,30)31/h4-5,7-8,10-11,13-14,21H,2-3,6,9,12H2,1H3,(H,22,28)(H,23,25)(H,26,27)(H,29,30,31)/b24-14+. The molecule has 0 saturated heterocycles. The summed E-state index contributed by atoms with van der Waals surface area (Å²) < 4.78 is 32.0. The number of carbonyl (C=O) groups is 2. The molecule has 2 rings (SSSR count). The Morgan fingerprint density at radius 3 is 2.59 bits per heavy atom. The number of rotatable bonds is 12. The average molecular weight is 463 g/mol. The van der Waals surface area contributed by atoms with Gasteiger partial charge in [-0.25, -0.2) is 10.4 Å². The van der Waals surface area contributed by atoms with E-state index < -0.39 is 10.1 Å². The molecular weight excluding hydrogens is 436 g/mol. The van der Waals surface area contributed by atoms with Crippen molar-refractivity contribution in [2.45, 2.75) is 30.6 Å². The molecule has 0 aliphatic heterocycles. The molecule has 1 heterocycles. The minimum absolute atomic E-state index is 0.0664. The molecule has 0 saturated carbocycles.